The molecule has 0 aromatic rings. The van der Waals surface area contributed by atoms with Gasteiger partial charge in [-0.05, 0) is 13.3 Å². The summed E-state index contributed by atoms with van der Waals surface area (Å²) in [5.41, 5.74) is 0. The summed E-state index contributed by atoms with van der Waals surface area (Å²) in [7, 11) is 4.41. The largest absolute Gasteiger partial charge is 0.329 e. The standard InChI is InChI=1S/C9H19N2/c1-5-9(2)11(4)7-6-10(3)8-11/h6-7,9H,5,8H2,1-4H3/q+1. The SMILES string of the molecule is CCC(C)[N+]1(C)C=CN(C)C1. The molecule has 2 atom stereocenters. The van der Waals surface area contributed by atoms with Crippen LogP contribution in [0.5, 0.6) is 0 Å². The smallest absolute Gasteiger partial charge is 0.158 e. The predicted molar refractivity (Wildman–Crippen MR) is 47.7 cm³/mol. The zero-order valence-electron chi connectivity index (χ0n) is 8.04. The summed E-state index contributed by atoms with van der Waals surface area (Å²) < 4.78 is 1.06. The van der Waals surface area contributed by atoms with Gasteiger partial charge >= 0.3 is 0 Å². The van der Waals surface area contributed by atoms with Crippen LogP contribution in [-0.4, -0.2) is 36.2 Å². The molecule has 2 unspecified atom stereocenters. The molecule has 0 fully saturated rings. The lowest BCUT2D eigenvalue weighted by atomic mass is 10.2. The van der Waals surface area contributed by atoms with E-state index < -0.39 is 0 Å². The highest BCUT2D eigenvalue weighted by molar-refractivity contribution is 4.79. The van der Waals surface area contributed by atoms with E-state index in [0.717, 1.165) is 17.2 Å². The van der Waals surface area contributed by atoms with Gasteiger partial charge in [-0.25, -0.2) is 0 Å². The van der Waals surface area contributed by atoms with Crippen molar-refractivity contribution in [1.82, 2.24) is 4.90 Å². The van der Waals surface area contributed by atoms with E-state index in [-0.39, 0.29) is 0 Å². The topological polar surface area (TPSA) is 3.24 Å². The van der Waals surface area contributed by atoms with Crippen LogP contribution >= 0.6 is 0 Å². The molecule has 11 heavy (non-hydrogen) atoms. The molecule has 1 aliphatic heterocycles. The summed E-state index contributed by atoms with van der Waals surface area (Å²) in [5.74, 6) is 0. The van der Waals surface area contributed by atoms with Crippen LogP contribution < -0.4 is 0 Å². The lowest BCUT2D eigenvalue weighted by Gasteiger charge is -2.33. The maximum atomic E-state index is 2.31. The predicted octanol–water partition coefficient (Wildman–Crippen LogP) is 1.61. The highest BCUT2D eigenvalue weighted by Gasteiger charge is 2.30. The van der Waals surface area contributed by atoms with Gasteiger partial charge in [-0.3, -0.25) is 4.48 Å². The Morgan fingerprint density at radius 2 is 2.27 bits per heavy atom. The minimum atomic E-state index is 0.733. The van der Waals surface area contributed by atoms with Crippen LogP contribution in [-0.2, 0) is 0 Å². The van der Waals surface area contributed by atoms with Crippen LogP contribution in [0.15, 0.2) is 12.4 Å². The molecule has 0 aromatic heterocycles. The van der Waals surface area contributed by atoms with Gasteiger partial charge in [0.15, 0.2) is 6.67 Å². The maximum absolute atomic E-state index is 2.31. The Balaban J connectivity index is 2.63. The molecule has 2 nitrogen and oxygen atoms in total. The lowest BCUT2D eigenvalue weighted by molar-refractivity contribution is -0.884. The first kappa shape index (κ1) is 8.60. The zero-order chi connectivity index (χ0) is 8.48. The molecule has 0 saturated carbocycles. The van der Waals surface area contributed by atoms with Crippen molar-refractivity contribution in [3.8, 4) is 0 Å². The first-order valence-corrected chi connectivity index (χ1v) is 4.33. The third kappa shape index (κ3) is 1.56. The highest BCUT2D eigenvalue weighted by atomic mass is 15.5. The monoisotopic (exact) mass is 155 g/mol. The van der Waals surface area contributed by atoms with Crippen molar-refractivity contribution in [2.24, 2.45) is 0 Å². The average Bonchev–Trinajstić information content (AvgIpc) is 2.31. The van der Waals surface area contributed by atoms with Gasteiger partial charge in [0.1, 0.15) is 6.20 Å². The third-order valence-electron chi connectivity index (χ3n) is 2.79. The molecule has 0 saturated heterocycles. The van der Waals surface area contributed by atoms with Crippen molar-refractivity contribution >= 4 is 0 Å². The fourth-order valence-corrected chi connectivity index (χ4v) is 1.54. The van der Waals surface area contributed by atoms with E-state index in [4.69, 9.17) is 0 Å². The van der Waals surface area contributed by atoms with Crippen molar-refractivity contribution in [1.29, 1.82) is 0 Å². The Hall–Kier alpha value is -0.500. The summed E-state index contributed by atoms with van der Waals surface area (Å²) >= 11 is 0. The van der Waals surface area contributed by atoms with E-state index in [2.05, 4.69) is 45.2 Å². The van der Waals surface area contributed by atoms with Gasteiger partial charge in [0.05, 0.1) is 19.3 Å². The molecule has 0 aliphatic carbocycles. The molecule has 1 rings (SSSR count). The van der Waals surface area contributed by atoms with Crippen molar-refractivity contribution in [2.45, 2.75) is 26.3 Å². The average molecular weight is 155 g/mol. The Bertz CT molecular complexity index is 165. The van der Waals surface area contributed by atoms with E-state index >= 15 is 0 Å². The Morgan fingerprint density at radius 1 is 1.64 bits per heavy atom. The van der Waals surface area contributed by atoms with Crippen molar-refractivity contribution in [3.05, 3.63) is 12.4 Å². The van der Waals surface area contributed by atoms with Crippen LogP contribution in [0.1, 0.15) is 20.3 Å². The maximum Gasteiger partial charge on any atom is 0.158 e. The van der Waals surface area contributed by atoms with Crippen LogP contribution in [0.3, 0.4) is 0 Å². The molecule has 0 amide bonds. The summed E-state index contributed by atoms with van der Waals surface area (Å²) in [5, 5.41) is 0. The molecule has 0 spiro atoms. The third-order valence-corrected chi connectivity index (χ3v) is 2.79. The molecule has 2 heteroatoms. The molecule has 1 heterocycles. The Kier molecular flexibility index (Phi) is 2.23. The molecular weight excluding hydrogens is 136 g/mol. The molecule has 0 radical (unpaired) electrons. The van der Waals surface area contributed by atoms with E-state index in [9.17, 15) is 0 Å². The minimum Gasteiger partial charge on any atom is -0.329 e. The van der Waals surface area contributed by atoms with Gasteiger partial charge in [0, 0.05) is 7.05 Å². The van der Waals surface area contributed by atoms with Crippen molar-refractivity contribution in [3.63, 3.8) is 0 Å². The molecule has 0 N–H and O–H groups in total. The number of hydrogen-bond donors (Lipinski definition) is 0. The summed E-state index contributed by atoms with van der Waals surface area (Å²) in [6.07, 6.45) is 5.70. The van der Waals surface area contributed by atoms with E-state index in [0.29, 0.717) is 0 Å². The van der Waals surface area contributed by atoms with Gasteiger partial charge in [0.2, 0.25) is 0 Å². The van der Waals surface area contributed by atoms with Crippen LogP contribution in [0.25, 0.3) is 0 Å². The first-order valence-electron chi connectivity index (χ1n) is 4.33. The fourth-order valence-electron chi connectivity index (χ4n) is 1.54. The van der Waals surface area contributed by atoms with Gasteiger partial charge < -0.3 is 4.90 Å². The summed E-state index contributed by atoms with van der Waals surface area (Å²) in [6.45, 7) is 5.68. The number of quaternary nitrogens is 1. The second-order valence-corrected chi connectivity index (χ2v) is 3.80. The van der Waals surface area contributed by atoms with E-state index in [1.807, 2.05) is 0 Å². The minimum absolute atomic E-state index is 0.733. The number of rotatable bonds is 2. The molecule has 64 valence electrons. The van der Waals surface area contributed by atoms with Gasteiger partial charge in [0.25, 0.3) is 0 Å². The van der Waals surface area contributed by atoms with Crippen LogP contribution in [0, 0.1) is 0 Å². The summed E-state index contributed by atoms with van der Waals surface area (Å²) in [4.78, 5) is 2.24. The lowest BCUT2D eigenvalue weighted by Crippen LogP contribution is -2.46. The van der Waals surface area contributed by atoms with Gasteiger partial charge in [-0.1, -0.05) is 6.92 Å². The molecule has 0 aromatic carbocycles. The normalized spacial score (nSPS) is 32.9. The fraction of sp³-hybridized carbons (Fsp3) is 0.778. The second-order valence-electron chi connectivity index (χ2n) is 3.80. The van der Waals surface area contributed by atoms with E-state index in [1.54, 1.807) is 0 Å². The molecule has 1 aliphatic rings. The Morgan fingerprint density at radius 3 is 2.64 bits per heavy atom. The van der Waals surface area contributed by atoms with Crippen LogP contribution in [0.2, 0.25) is 0 Å². The molecule has 0 bridgehead atoms. The van der Waals surface area contributed by atoms with Gasteiger partial charge in [-0.2, -0.15) is 0 Å². The van der Waals surface area contributed by atoms with Gasteiger partial charge in [-0.15, -0.1) is 0 Å². The number of nitrogens with zero attached hydrogens (tertiary/aromatic N) is 2. The highest BCUT2D eigenvalue weighted by Crippen LogP contribution is 2.19. The number of hydrogen-bond acceptors (Lipinski definition) is 1. The van der Waals surface area contributed by atoms with Crippen LogP contribution in [0.4, 0.5) is 0 Å². The Labute approximate surface area is 69.7 Å². The summed E-state index contributed by atoms with van der Waals surface area (Å²) in [6, 6.07) is 0.733. The molecular formula is C9H19N2+. The van der Waals surface area contributed by atoms with E-state index in [1.165, 1.54) is 6.42 Å². The zero-order valence-corrected chi connectivity index (χ0v) is 8.04. The first-order chi connectivity index (χ1) is 5.08. The quantitative estimate of drug-likeness (QED) is 0.548. The van der Waals surface area contributed by atoms with Crippen molar-refractivity contribution in [2.75, 3.05) is 20.8 Å². The second kappa shape index (κ2) is 2.86. The van der Waals surface area contributed by atoms with Crippen molar-refractivity contribution < 1.29 is 4.48 Å².